The molecular weight excluding hydrogens is 452 g/mol. The van der Waals surface area contributed by atoms with Crippen LogP contribution in [0.5, 0.6) is 0 Å². The van der Waals surface area contributed by atoms with Crippen LogP contribution in [0.1, 0.15) is 23.7 Å². The molecule has 4 rings (SSSR count). The summed E-state index contributed by atoms with van der Waals surface area (Å²) < 4.78 is 6.20. The number of thiazole rings is 1. The van der Waals surface area contributed by atoms with Gasteiger partial charge in [-0.15, -0.1) is 11.3 Å². The SMILES string of the molecule is Cc1ccc(NC(=O)CCc2nc(CSc3nc(-c4ccc(Cl)cc4)cs3)no2)cc1. The predicted octanol–water partition coefficient (Wildman–Crippen LogP) is 6.02. The van der Waals surface area contributed by atoms with Gasteiger partial charge in [0.2, 0.25) is 11.8 Å². The maximum absolute atomic E-state index is 12.1. The first-order chi connectivity index (χ1) is 15.0. The van der Waals surface area contributed by atoms with E-state index >= 15 is 0 Å². The number of hydrogen-bond donors (Lipinski definition) is 1. The lowest BCUT2D eigenvalue weighted by Gasteiger charge is -2.04. The molecule has 0 bridgehead atoms. The Bertz CT molecular complexity index is 1160. The molecular formula is C22H19ClN4O2S2. The number of halogens is 1. The van der Waals surface area contributed by atoms with E-state index in [9.17, 15) is 4.79 Å². The molecule has 0 spiro atoms. The largest absolute Gasteiger partial charge is 0.339 e. The van der Waals surface area contributed by atoms with Crippen LogP contribution in [0.3, 0.4) is 0 Å². The van der Waals surface area contributed by atoms with Crippen molar-refractivity contribution in [3.8, 4) is 11.3 Å². The molecule has 0 aliphatic carbocycles. The number of rotatable bonds is 8. The average Bonchev–Trinajstić information content (AvgIpc) is 3.42. The van der Waals surface area contributed by atoms with E-state index in [1.54, 1.807) is 23.1 Å². The quantitative estimate of drug-likeness (QED) is 0.317. The molecule has 31 heavy (non-hydrogen) atoms. The maximum atomic E-state index is 12.1. The minimum atomic E-state index is -0.0875. The lowest BCUT2D eigenvalue weighted by Crippen LogP contribution is -2.12. The number of hydrogen-bond acceptors (Lipinski definition) is 7. The van der Waals surface area contributed by atoms with Crippen molar-refractivity contribution in [2.24, 2.45) is 0 Å². The van der Waals surface area contributed by atoms with Gasteiger partial charge in [-0.1, -0.05) is 58.3 Å². The number of benzene rings is 2. The van der Waals surface area contributed by atoms with E-state index < -0.39 is 0 Å². The first-order valence-electron chi connectivity index (χ1n) is 9.57. The topological polar surface area (TPSA) is 80.9 Å². The van der Waals surface area contributed by atoms with Gasteiger partial charge in [-0.3, -0.25) is 4.79 Å². The monoisotopic (exact) mass is 470 g/mol. The van der Waals surface area contributed by atoms with Gasteiger partial charge in [-0.25, -0.2) is 4.98 Å². The van der Waals surface area contributed by atoms with Gasteiger partial charge in [0, 0.05) is 34.5 Å². The highest BCUT2D eigenvalue weighted by Crippen LogP contribution is 2.30. The number of amides is 1. The summed E-state index contributed by atoms with van der Waals surface area (Å²) in [4.78, 5) is 21.1. The fraction of sp³-hybridized carbons (Fsp3) is 0.182. The number of thioether (sulfide) groups is 1. The fourth-order valence-corrected chi connectivity index (χ4v) is 4.54. The molecule has 0 atom stereocenters. The molecule has 158 valence electrons. The zero-order chi connectivity index (χ0) is 21.6. The highest BCUT2D eigenvalue weighted by Gasteiger charge is 2.11. The number of aromatic nitrogens is 3. The third kappa shape index (κ3) is 6.16. The maximum Gasteiger partial charge on any atom is 0.227 e. The second-order valence-corrected chi connectivity index (χ2v) is 9.33. The molecule has 0 saturated carbocycles. The highest BCUT2D eigenvalue weighted by atomic mass is 35.5. The Balaban J connectivity index is 1.25. The van der Waals surface area contributed by atoms with Crippen molar-refractivity contribution in [1.29, 1.82) is 0 Å². The van der Waals surface area contributed by atoms with Gasteiger partial charge >= 0.3 is 0 Å². The van der Waals surface area contributed by atoms with Crippen LogP contribution in [0.2, 0.25) is 5.02 Å². The van der Waals surface area contributed by atoms with Crippen molar-refractivity contribution in [2.75, 3.05) is 5.32 Å². The summed E-state index contributed by atoms with van der Waals surface area (Å²) >= 11 is 9.06. The second-order valence-electron chi connectivity index (χ2n) is 6.81. The summed E-state index contributed by atoms with van der Waals surface area (Å²) in [7, 11) is 0. The normalized spacial score (nSPS) is 10.9. The number of carbonyl (C=O) groups excluding carboxylic acids is 1. The molecule has 0 saturated heterocycles. The summed E-state index contributed by atoms with van der Waals surface area (Å²) in [5, 5.41) is 9.58. The van der Waals surface area contributed by atoms with Crippen LogP contribution in [0.25, 0.3) is 11.3 Å². The van der Waals surface area contributed by atoms with Crippen LogP contribution in [0.15, 0.2) is 62.8 Å². The van der Waals surface area contributed by atoms with E-state index in [4.69, 9.17) is 16.1 Å². The van der Waals surface area contributed by atoms with Gasteiger partial charge < -0.3 is 9.84 Å². The van der Waals surface area contributed by atoms with Crippen molar-refractivity contribution < 1.29 is 9.32 Å². The van der Waals surface area contributed by atoms with Crippen molar-refractivity contribution in [3.05, 3.63) is 76.2 Å². The van der Waals surface area contributed by atoms with E-state index in [2.05, 4.69) is 20.4 Å². The van der Waals surface area contributed by atoms with Crippen molar-refractivity contribution >= 4 is 46.3 Å². The minimum absolute atomic E-state index is 0.0875. The molecule has 0 aliphatic rings. The zero-order valence-corrected chi connectivity index (χ0v) is 19.1. The Labute approximate surface area is 193 Å². The summed E-state index contributed by atoms with van der Waals surface area (Å²) in [5.41, 5.74) is 3.86. The molecule has 1 amide bonds. The van der Waals surface area contributed by atoms with Gasteiger partial charge in [0.15, 0.2) is 10.2 Å². The summed E-state index contributed by atoms with van der Waals surface area (Å²) in [6.45, 7) is 2.00. The number of nitrogens with one attached hydrogen (secondary N) is 1. The lowest BCUT2D eigenvalue weighted by atomic mass is 10.2. The van der Waals surface area contributed by atoms with Crippen LogP contribution in [-0.4, -0.2) is 21.0 Å². The van der Waals surface area contributed by atoms with Crippen LogP contribution in [0.4, 0.5) is 5.69 Å². The van der Waals surface area contributed by atoms with Gasteiger partial charge in [0.05, 0.1) is 11.4 Å². The zero-order valence-electron chi connectivity index (χ0n) is 16.7. The van der Waals surface area contributed by atoms with Crippen molar-refractivity contribution in [2.45, 2.75) is 29.9 Å². The summed E-state index contributed by atoms with van der Waals surface area (Å²) in [6.07, 6.45) is 0.674. The molecule has 0 fully saturated rings. The molecule has 0 radical (unpaired) electrons. The Morgan fingerprint density at radius 1 is 1.13 bits per heavy atom. The van der Waals surface area contributed by atoms with Gasteiger partial charge in [0.1, 0.15) is 0 Å². The average molecular weight is 471 g/mol. The van der Waals surface area contributed by atoms with Crippen molar-refractivity contribution in [1.82, 2.24) is 15.1 Å². The first-order valence-corrected chi connectivity index (χ1v) is 11.8. The Morgan fingerprint density at radius 2 is 1.90 bits per heavy atom. The molecule has 2 heterocycles. The summed E-state index contributed by atoms with van der Waals surface area (Å²) in [5.74, 6) is 1.50. The second kappa shape index (κ2) is 10.1. The Kier molecular flexibility index (Phi) is 7.01. The molecule has 0 aliphatic heterocycles. The lowest BCUT2D eigenvalue weighted by molar-refractivity contribution is -0.116. The van der Waals surface area contributed by atoms with E-state index in [0.717, 1.165) is 26.8 Å². The van der Waals surface area contributed by atoms with E-state index in [1.807, 2.05) is 60.8 Å². The first kappa shape index (κ1) is 21.5. The van der Waals surface area contributed by atoms with Gasteiger partial charge in [-0.05, 0) is 31.2 Å². The Morgan fingerprint density at radius 3 is 2.68 bits per heavy atom. The molecule has 4 aromatic rings. The van der Waals surface area contributed by atoms with Crippen LogP contribution >= 0.6 is 34.7 Å². The number of aryl methyl sites for hydroxylation is 2. The van der Waals surface area contributed by atoms with Crippen molar-refractivity contribution in [3.63, 3.8) is 0 Å². The minimum Gasteiger partial charge on any atom is -0.339 e. The van der Waals surface area contributed by atoms with Crippen LogP contribution in [0, 0.1) is 6.92 Å². The van der Waals surface area contributed by atoms with Gasteiger partial charge in [-0.2, -0.15) is 4.98 Å². The molecule has 2 aromatic heterocycles. The number of nitrogens with zero attached hydrogens (tertiary/aromatic N) is 3. The smallest absolute Gasteiger partial charge is 0.227 e. The molecule has 0 unspecified atom stereocenters. The van der Waals surface area contributed by atoms with Crippen LogP contribution < -0.4 is 5.32 Å². The summed E-state index contributed by atoms with van der Waals surface area (Å²) in [6, 6.07) is 15.3. The number of carbonyl (C=O) groups is 1. The fourth-order valence-electron chi connectivity index (χ4n) is 2.73. The highest BCUT2D eigenvalue weighted by molar-refractivity contribution is 8.00. The molecule has 6 nitrogen and oxygen atoms in total. The third-order valence-electron chi connectivity index (χ3n) is 4.36. The van der Waals surface area contributed by atoms with E-state index in [1.165, 1.54) is 0 Å². The van der Waals surface area contributed by atoms with Crippen LogP contribution in [-0.2, 0) is 17.0 Å². The van der Waals surface area contributed by atoms with E-state index in [-0.39, 0.29) is 12.3 Å². The molecule has 1 N–H and O–H groups in total. The molecule has 2 aromatic carbocycles. The van der Waals surface area contributed by atoms with Gasteiger partial charge in [0.25, 0.3) is 0 Å². The van der Waals surface area contributed by atoms with E-state index in [0.29, 0.717) is 28.9 Å². The number of anilines is 1. The standard InChI is InChI=1S/C22H19ClN4O2S2/c1-14-2-8-17(9-3-14)24-20(28)10-11-21-26-19(27-29-21)13-31-22-25-18(12-30-22)15-4-6-16(23)7-5-15/h2-9,12H,10-11,13H2,1H3,(H,24,28). The molecule has 9 heteroatoms. The third-order valence-corrected chi connectivity index (χ3v) is 6.63. The predicted molar refractivity (Wildman–Crippen MR) is 125 cm³/mol. The Hall–Kier alpha value is -2.68.